The van der Waals surface area contributed by atoms with E-state index in [2.05, 4.69) is 5.32 Å². The highest BCUT2D eigenvalue weighted by Gasteiger charge is 2.30. The molecule has 1 fully saturated rings. The highest BCUT2D eigenvalue weighted by Crippen LogP contribution is 2.31. The SMILES string of the molecule is O=C(C=Cc1cccc(F)c1)Nc1cc(S(=O)(=O)N2CCCC2)ccc1OCC(F)(F)F. The maximum absolute atomic E-state index is 13.3. The van der Waals surface area contributed by atoms with E-state index in [1.165, 1.54) is 28.6 Å². The third-order valence-corrected chi connectivity index (χ3v) is 6.47. The highest BCUT2D eigenvalue weighted by molar-refractivity contribution is 7.89. The Hall–Kier alpha value is -2.92. The lowest BCUT2D eigenvalue weighted by Gasteiger charge is -2.18. The monoisotopic (exact) mass is 472 g/mol. The van der Waals surface area contributed by atoms with Gasteiger partial charge in [-0.3, -0.25) is 4.79 Å². The summed E-state index contributed by atoms with van der Waals surface area (Å²) < 4.78 is 82.6. The molecule has 11 heteroatoms. The summed E-state index contributed by atoms with van der Waals surface area (Å²) in [5.74, 6) is -1.60. The minimum absolute atomic E-state index is 0.178. The third kappa shape index (κ3) is 6.30. The molecule has 0 unspecified atom stereocenters. The lowest BCUT2D eigenvalue weighted by Crippen LogP contribution is -2.28. The average Bonchev–Trinajstić information content (AvgIpc) is 3.26. The normalized spacial score (nSPS) is 15.2. The van der Waals surface area contributed by atoms with Crippen LogP contribution in [0.3, 0.4) is 0 Å². The number of carbonyl (C=O) groups excluding carboxylic acids is 1. The van der Waals surface area contributed by atoms with E-state index in [-0.39, 0.29) is 16.3 Å². The summed E-state index contributed by atoms with van der Waals surface area (Å²) in [6, 6.07) is 8.68. The predicted octanol–water partition coefficient (Wildman–Crippen LogP) is 4.20. The third-order valence-electron chi connectivity index (χ3n) is 4.58. The van der Waals surface area contributed by atoms with Gasteiger partial charge in [0.15, 0.2) is 6.61 Å². The van der Waals surface area contributed by atoms with E-state index in [0.29, 0.717) is 31.5 Å². The fourth-order valence-corrected chi connectivity index (χ4v) is 4.63. The van der Waals surface area contributed by atoms with Gasteiger partial charge in [0.25, 0.3) is 0 Å². The number of halogens is 4. The number of hydrogen-bond acceptors (Lipinski definition) is 4. The summed E-state index contributed by atoms with van der Waals surface area (Å²) in [5.41, 5.74) is 0.155. The van der Waals surface area contributed by atoms with Crippen LogP contribution in [-0.2, 0) is 14.8 Å². The molecule has 6 nitrogen and oxygen atoms in total. The van der Waals surface area contributed by atoms with Crippen LogP contribution in [0, 0.1) is 5.82 Å². The van der Waals surface area contributed by atoms with Crippen molar-refractivity contribution in [3.05, 3.63) is 59.9 Å². The summed E-state index contributed by atoms with van der Waals surface area (Å²) in [4.78, 5) is 12.1. The summed E-state index contributed by atoms with van der Waals surface area (Å²) in [6.07, 6.45) is -0.858. The van der Waals surface area contributed by atoms with Gasteiger partial charge in [0.05, 0.1) is 10.6 Å². The van der Waals surface area contributed by atoms with Crippen LogP contribution in [0.15, 0.2) is 53.4 Å². The lowest BCUT2D eigenvalue weighted by molar-refractivity contribution is -0.153. The number of sulfonamides is 1. The van der Waals surface area contributed by atoms with Gasteiger partial charge in [-0.2, -0.15) is 17.5 Å². The van der Waals surface area contributed by atoms with Crippen molar-refractivity contribution in [2.75, 3.05) is 25.0 Å². The first-order chi connectivity index (χ1) is 15.0. The molecule has 0 spiro atoms. The van der Waals surface area contributed by atoms with Gasteiger partial charge >= 0.3 is 6.18 Å². The quantitative estimate of drug-likeness (QED) is 0.484. The number of nitrogens with one attached hydrogen (secondary N) is 1. The van der Waals surface area contributed by atoms with E-state index in [1.54, 1.807) is 6.07 Å². The first kappa shape index (κ1) is 23.7. The lowest BCUT2D eigenvalue weighted by atomic mass is 10.2. The molecule has 0 atom stereocenters. The van der Waals surface area contributed by atoms with Crippen LogP contribution >= 0.6 is 0 Å². The number of rotatable bonds is 7. The Balaban J connectivity index is 1.86. The molecule has 1 amide bonds. The second kappa shape index (κ2) is 9.70. The number of anilines is 1. The fourth-order valence-electron chi connectivity index (χ4n) is 3.09. The Morgan fingerprint density at radius 3 is 2.50 bits per heavy atom. The summed E-state index contributed by atoms with van der Waals surface area (Å²) in [5, 5.41) is 2.34. The van der Waals surface area contributed by atoms with Crippen LogP contribution in [0.25, 0.3) is 6.08 Å². The molecule has 2 aromatic carbocycles. The Morgan fingerprint density at radius 1 is 1.12 bits per heavy atom. The van der Waals surface area contributed by atoms with E-state index in [0.717, 1.165) is 24.3 Å². The van der Waals surface area contributed by atoms with Gasteiger partial charge in [-0.15, -0.1) is 0 Å². The van der Waals surface area contributed by atoms with E-state index >= 15 is 0 Å². The van der Waals surface area contributed by atoms with Crippen LogP contribution in [0.1, 0.15) is 18.4 Å². The fraction of sp³-hybridized carbons (Fsp3) is 0.286. The number of amides is 1. The Labute approximate surface area is 182 Å². The minimum atomic E-state index is -4.63. The molecule has 0 bridgehead atoms. The molecule has 3 rings (SSSR count). The molecular formula is C21H20F4N2O4S. The molecule has 0 aromatic heterocycles. The van der Waals surface area contributed by atoms with Crippen molar-refractivity contribution in [1.29, 1.82) is 0 Å². The largest absolute Gasteiger partial charge is 0.482 e. The molecular weight excluding hydrogens is 452 g/mol. The van der Waals surface area contributed by atoms with Crippen LogP contribution in [0.2, 0.25) is 0 Å². The molecule has 1 heterocycles. The zero-order chi connectivity index (χ0) is 23.4. The van der Waals surface area contributed by atoms with Crippen molar-refractivity contribution in [1.82, 2.24) is 4.31 Å². The molecule has 2 aromatic rings. The van der Waals surface area contributed by atoms with Crippen molar-refractivity contribution in [3.63, 3.8) is 0 Å². The van der Waals surface area contributed by atoms with Crippen LogP contribution in [0.4, 0.5) is 23.2 Å². The standard InChI is InChI=1S/C21H20F4N2O4S/c22-16-5-3-4-15(12-16)6-9-20(28)26-18-13-17(32(29,30)27-10-1-2-11-27)7-8-19(18)31-14-21(23,24)25/h3-9,12-13H,1-2,10-11,14H2,(H,26,28). The minimum Gasteiger partial charge on any atom is -0.482 e. The molecule has 172 valence electrons. The summed E-state index contributed by atoms with van der Waals surface area (Å²) in [6.45, 7) is -0.938. The molecule has 0 radical (unpaired) electrons. The first-order valence-electron chi connectivity index (χ1n) is 9.63. The van der Waals surface area contributed by atoms with E-state index in [4.69, 9.17) is 4.74 Å². The predicted molar refractivity (Wildman–Crippen MR) is 110 cm³/mol. The van der Waals surface area contributed by atoms with E-state index in [1.807, 2.05) is 0 Å². The highest BCUT2D eigenvalue weighted by atomic mass is 32.2. The zero-order valence-corrected chi connectivity index (χ0v) is 17.5. The maximum Gasteiger partial charge on any atom is 0.422 e. The maximum atomic E-state index is 13.3. The molecule has 1 saturated heterocycles. The molecule has 32 heavy (non-hydrogen) atoms. The van der Waals surface area contributed by atoms with Gasteiger partial charge in [-0.05, 0) is 54.8 Å². The average molecular weight is 472 g/mol. The van der Waals surface area contributed by atoms with Gasteiger partial charge in [-0.1, -0.05) is 12.1 Å². The Morgan fingerprint density at radius 2 is 1.84 bits per heavy atom. The van der Waals surface area contributed by atoms with Crippen molar-refractivity contribution in [2.45, 2.75) is 23.9 Å². The molecule has 0 aliphatic carbocycles. The second-order valence-corrected chi connectivity index (χ2v) is 8.99. The van der Waals surface area contributed by atoms with E-state index < -0.39 is 34.5 Å². The number of alkyl halides is 3. The number of ether oxygens (including phenoxy) is 1. The smallest absolute Gasteiger partial charge is 0.422 e. The number of carbonyl (C=O) groups is 1. The van der Waals surface area contributed by atoms with Crippen LogP contribution in [-0.4, -0.2) is 44.5 Å². The van der Waals surface area contributed by atoms with Crippen molar-refractivity contribution >= 4 is 27.7 Å². The van der Waals surface area contributed by atoms with E-state index in [9.17, 15) is 30.8 Å². The number of benzene rings is 2. The first-order valence-corrected chi connectivity index (χ1v) is 11.1. The van der Waals surface area contributed by atoms with Gasteiger partial charge in [-0.25, -0.2) is 12.8 Å². The molecule has 1 N–H and O–H groups in total. The summed E-state index contributed by atoms with van der Waals surface area (Å²) >= 11 is 0. The van der Waals surface area contributed by atoms with Gasteiger partial charge in [0.1, 0.15) is 11.6 Å². The second-order valence-electron chi connectivity index (χ2n) is 7.05. The Kier molecular flexibility index (Phi) is 7.19. The number of hydrogen-bond donors (Lipinski definition) is 1. The van der Waals surface area contributed by atoms with Crippen molar-refractivity contribution < 1.29 is 35.5 Å². The van der Waals surface area contributed by atoms with Crippen LogP contribution < -0.4 is 10.1 Å². The van der Waals surface area contributed by atoms with Crippen molar-refractivity contribution in [3.8, 4) is 5.75 Å². The molecule has 0 saturated carbocycles. The van der Waals surface area contributed by atoms with Gasteiger partial charge < -0.3 is 10.1 Å². The molecule has 1 aliphatic rings. The zero-order valence-electron chi connectivity index (χ0n) is 16.7. The van der Waals surface area contributed by atoms with Gasteiger partial charge in [0, 0.05) is 19.2 Å². The van der Waals surface area contributed by atoms with Crippen LogP contribution in [0.5, 0.6) is 5.75 Å². The number of nitrogens with zero attached hydrogens (tertiary/aromatic N) is 1. The summed E-state index contributed by atoms with van der Waals surface area (Å²) in [7, 11) is -3.87. The van der Waals surface area contributed by atoms with Gasteiger partial charge in [0.2, 0.25) is 15.9 Å². The van der Waals surface area contributed by atoms with Crippen molar-refractivity contribution in [2.24, 2.45) is 0 Å². The molecule has 1 aliphatic heterocycles. The Bertz CT molecular complexity index is 1110. The topological polar surface area (TPSA) is 75.7 Å².